The summed E-state index contributed by atoms with van der Waals surface area (Å²) in [5.74, 6) is -1.32. The van der Waals surface area contributed by atoms with Gasteiger partial charge in [0.25, 0.3) is 0 Å². The fourth-order valence-electron chi connectivity index (χ4n) is 16.2. The topological polar surface area (TPSA) is 214 Å². The van der Waals surface area contributed by atoms with Crippen molar-refractivity contribution in [3.05, 3.63) is 179 Å². The summed E-state index contributed by atoms with van der Waals surface area (Å²) in [6, 6.07) is 47.7. The molecule has 8 aliphatic rings. The second-order valence-corrected chi connectivity index (χ2v) is 30.3. The number of nitrogens with one attached hydrogen (secondary N) is 1. The minimum absolute atomic E-state index is 0.0182. The molecule has 2 N–H and O–H groups in total. The molecule has 4 aliphatic carbocycles. The molecule has 4 aliphatic heterocycles. The molecule has 19 atom stereocenters. The Hall–Kier alpha value is -5.92. The van der Waals surface area contributed by atoms with Crippen LogP contribution >= 0.6 is 0 Å². The number of amides is 1. The lowest BCUT2D eigenvalue weighted by molar-refractivity contribution is -0.370. The van der Waals surface area contributed by atoms with Gasteiger partial charge in [0, 0.05) is 25.7 Å². The van der Waals surface area contributed by atoms with Gasteiger partial charge < -0.3 is 86.2 Å². The number of rotatable bonds is 25. The smallest absolute Gasteiger partial charge is 0.444 e. The number of benzene rings is 5. The fraction of sp³-hybridized carbons (Fsp3) is 0.605. The van der Waals surface area contributed by atoms with Gasteiger partial charge in [0.2, 0.25) is 0 Å². The Morgan fingerprint density at radius 3 is 1.45 bits per heavy atom. The van der Waals surface area contributed by atoms with Gasteiger partial charge in [0.05, 0.1) is 46.2 Å². The molecular weight excluding hydrogens is 1290 g/mol. The minimum Gasteiger partial charge on any atom is -0.444 e. The number of carbonyl (C=O) groups excluding carboxylic acids is 2. The Labute approximate surface area is 595 Å². The summed E-state index contributed by atoms with van der Waals surface area (Å²) in [6.07, 6.45) is -7.88. The molecule has 2 unspecified atom stereocenters. The first-order valence-electron chi connectivity index (χ1n) is 37.1. The van der Waals surface area contributed by atoms with Crippen LogP contribution in [0.2, 0.25) is 0 Å². The maximum atomic E-state index is 15.0. The number of aliphatic hydroxyl groups is 1. The van der Waals surface area contributed by atoms with E-state index >= 15 is 4.79 Å². The van der Waals surface area contributed by atoms with Gasteiger partial charge in [0.1, 0.15) is 91.0 Å². The molecule has 0 radical (unpaired) electrons. The van der Waals surface area contributed by atoms with Crippen molar-refractivity contribution in [2.75, 3.05) is 13.2 Å². The first-order valence-corrected chi connectivity index (χ1v) is 37.1. The predicted molar refractivity (Wildman–Crippen MR) is 371 cm³/mol. The number of hydrogen-bond acceptors (Lipinski definition) is 19. The lowest BCUT2D eigenvalue weighted by Crippen LogP contribution is -2.70. The highest BCUT2D eigenvalue weighted by molar-refractivity contribution is 5.68. The summed E-state index contributed by atoms with van der Waals surface area (Å²) in [5, 5.41) is 15.3. The summed E-state index contributed by atoms with van der Waals surface area (Å²) in [5.41, 5.74) is 3.45. The van der Waals surface area contributed by atoms with E-state index < -0.39 is 140 Å². The molecule has 101 heavy (non-hydrogen) atoms. The predicted octanol–water partition coefficient (Wildman–Crippen LogP) is 13.5. The van der Waals surface area contributed by atoms with Crippen molar-refractivity contribution in [2.45, 2.75) is 279 Å². The average Bonchev–Trinajstić information content (AvgIpc) is 1.57. The van der Waals surface area contributed by atoms with Crippen LogP contribution in [0, 0.1) is 17.8 Å². The molecule has 1 amide bonds. The molecule has 13 rings (SSSR count). The third-order valence-electron chi connectivity index (χ3n) is 21.2. The minimum atomic E-state index is -1.54. The van der Waals surface area contributed by atoms with Crippen LogP contribution in [0.25, 0.3) is 0 Å². The summed E-state index contributed by atoms with van der Waals surface area (Å²) in [6.45, 7) is 11.9. The van der Waals surface area contributed by atoms with Crippen LogP contribution in [-0.2, 0) is 109 Å². The molecule has 2 spiro atoms. The summed E-state index contributed by atoms with van der Waals surface area (Å²) < 4.78 is 113. The van der Waals surface area contributed by atoms with E-state index in [1.807, 2.05) is 152 Å². The molecule has 5 aromatic rings. The van der Waals surface area contributed by atoms with E-state index in [-0.39, 0.29) is 51.5 Å². The quantitative estimate of drug-likeness (QED) is 0.0520. The number of fused-ring (bicyclic) bond motifs is 3. The highest BCUT2D eigenvalue weighted by Gasteiger charge is 2.69. The lowest BCUT2D eigenvalue weighted by atomic mass is 9.75. The van der Waals surface area contributed by atoms with Gasteiger partial charge >= 0.3 is 12.2 Å². The van der Waals surface area contributed by atoms with Gasteiger partial charge in [-0.05, 0) is 105 Å². The van der Waals surface area contributed by atoms with Gasteiger partial charge in [0.15, 0.2) is 30.3 Å². The van der Waals surface area contributed by atoms with Crippen molar-refractivity contribution in [3.8, 4) is 0 Å². The fourth-order valence-corrected chi connectivity index (χ4v) is 16.2. The molecule has 8 fully saturated rings. The average molecular weight is 1400 g/mol. The Balaban J connectivity index is 0.905. The van der Waals surface area contributed by atoms with E-state index in [2.05, 4.69) is 26.1 Å². The molecular formula is C81H105NO19. The van der Waals surface area contributed by atoms with Crippen LogP contribution in [0.3, 0.4) is 0 Å². The Bertz CT molecular complexity index is 3340. The second-order valence-electron chi connectivity index (χ2n) is 30.3. The van der Waals surface area contributed by atoms with E-state index in [4.69, 9.17) is 75.8 Å². The van der Waals surface area contributed by atoms with E-state index in [1.54, 1.807) is 20.8 Å². The van der Waals surface area contributed by atoms with Crippen molar-refractivity contribution in [1.82, 2.24) is 5.32 Å². The SMILES string of the molecule is CC(C)C1CC[C@@H](C)CC1OC(=O)O[C@H]1[C@H](O[C@H]2O[C@H](CO)[C@@H](O[C@H]3O[C@H](COCc4ccccc4)[C@@H](OCc4ccccc4)[C@H](OCc4ccccc4)[C@@H]3OCc3ccccc3)[C@H](OCc3ccccc3)[C@H]2NC(=O)OC(C)(C)C)[C@H]2OC3(CCCCC3)O[C@@H]2[C@H]2OC3(CCCCC3)O[C@@H]12. The van der Waals surface area contributed by atoms with Crippen LogP contribution in [0.15, 0.2) is 152 Å². The Morgan fingerprint density at radius 1 is 0.505 bits per heavy atom. The Morgan fingerprint density at radius 2 is 0.950 bits per heavy atom. The molecule has 0 aromatic heterocycles. The van der Waals surface area contributed by atoms with Crippen LogP contribution < -0.4 is 5.32 Å². The molecule has 20 nitrogen and oxygen atoms in total. The molecule has 20 heteroatoms. The number of ether oxygens (including phenoxy) is 16. The molecule has 0 bridgehead atoms. The summed E-state index contributed by atoms with van der Waals surface area (Å²) in [4.78, 5) is 30.0. The third-order valence-corrected chi connectivity index (χ3v) is 21.2. The summed E-state index contributed by atoms with van der Waals surface area (Å²) >= 11 is 0. The van der Waals surface area contributed by atoms with Gasteiger partial charge in [-0.25, -0.2) is 9.59 Å². The van der Waals surface area contributed by atoms with Gasteiger partial charge in [-0.3, -0.25) is 0 Å². The summed E-state index contributed by atoms with van der Waals surface area (Å²) in [7, 11) is 0. The zero-order valence-electron chi connectivity index (χ0n) is 59.4. The Kier molecular flexibility index (Phi) is 24.6. The van der Waals surface area contributed by atoms with Crippen molar-refractivity contribution >= 4 is 12.2 Å². The van der Waals surface area contributed by atoms with Gasteiger partial charge in [-0.1, -0.05) is 192 Å². The number of carbonyl (C=O) groups is 2. The number of alkyl carbamates (subject to hydrolysis) is 1. The van der Waals surface area contributed by atoms with Crippen molar-refractivity contribution < 1.29 is 90.5 Å². The number of aliphatic hydroxyl groups excluding tert-OH is 1. The van der Waals surface area contributed by atoms with Crippen LogP contribution in [0.1, 0.15) is 153 Å². The van der Waals surface area contributed by atoms with E-state index in [9.17, 15) is 9.90 Å². The van der Waals surface area contributed by atoms with Gasteiger partial charge in [-0.15, -0.1) is 0 Å². The monoisotopic (exact) mass is 1400 g/mol. The largest absolute Gasteiger partial charge is 0.509 e. The maximum absolute atomic E-state index is 15.0. The molecule has 4 heterocycles. The standard InChI is InChI=1S/C81H105NO19/c1-52(2)59-39-38-53(3)44-60(59)93-78(85)96-69-68(70-72(99-80(97-70)40-24-12-25-41-80)73-71(69)98-81(100-73)42-26-13-27-43-81)95-75-63(82-77(84)101-79(4,5)6)66(88-48-56-32-18-9-19-33-56)65(61(45-83)91-75)94-76-74(90-50-58-36-22-11-23-37-58)67(89-49-57-34-20-10-21-35-57)64(87-47-55-30-16-8-17-31-55)62(92-76)51-86-46-54-28-14-7-15-29-54/h7-11,14-23,28-37,52-53,59-76,83H,12-13,24-27,38-51H2,1-6H3,(H,82,84)/t53-,59?,60?,61-,62-,63-,64-,65-,66-,67+,68+,69+,70-,71+,72+,73+,74+,75-,76-/m1/s1. The van der Waals surface area contributed by atoms with E-state index in [0.29, 0.717) is 38.0 Å². The molecule has 548 valence electrons. The van der Waals surface area contributed by atoms with Gasteiger partial charge in [-0.2, -0.15) is 0 Å². The van der Waals surface area contributed by atoms with E-state index in [0.717, 1.165) is 79.2 Å². The van der Waals surface area contributed by atoms with Crippen LogP contribution in [-0.4, -0.2) is 152 Å². The van der Waals surface area contributed by atoms with Crippen molar-refractivity contribution in [2.24, 2.45) is 17.8 Å². The van der Waals surface area contributed by atoms with Crippen LogP contribution in [0.5, 0.6) is 0 Å². The van der Waals surface area contributed by atoms with Crippen molar-refractivity contribution in [3.63, 3.8) is 0 Å². The number of hydrogen-bond donors (Lipinski definition) is 2. The third kappa shape index (κ3) is 18.4. The zero-order chi connectivity index (χ0) is 69.9. The lowest BCUT2D eigenvalue weighted by Gasteiger charge is -2.51. The molecule has 5 aromatic carbocycles. The zero-order valence-corrected chi connectivity index (χ0v) is 59.4. The van der Waals surface area contributed by atoms with Crippen molar-refractivity contribution in [1.29, 1.82) is 0 Å². The normalized spacial score (nSPS) is 32.9. The highest BCUT2D eigenvalue weighted by atomic mass is 16.8. The molecule has 4 saturated heterocycles. The first kappa shape index (κ1) is 73.4. The van der Waals surface area contributed by atoms with Crippen LogP contribution in [0.4, 0.5) is 9.59 Å². The molecule has 4 saturated carbocycles. The second kappa shape index (κ2) is 33.9. The maximum Gasteiger partial charge on any atom is 0.509 e. The van der Waals surface area contributed by atoms with E-state index in [1.165, 1.54) is 0 Å². The first-order chi connectivity index (χ1) is 49.1. The highest BCUT2D eigenvalue weighted by Crippen LogP contribution is 2.54.